The van der Waals surface area contributed by atoms with Crippen molar-refractivity contribution in [1.82, 2.24) is 3.97 Å². The topological polar surface area (TPSA) is 31.2 Å². The lowest BCUT2D eigenvalue weighted by Gasteiger charge is -2.10. The van der Waals surface area contributed by atoms with Crippen LogP contribution in [0.3, 0.4) is 0 Å². The molecule has 3 nitrogen and oxygen atoms in total. The average molecular weight is 402 g/mol. The Morgan fingerprint density at radius 2 is 1.92 bits per heavy atom. The number of methoxy groups -OCH3 is 1. The highest BCUT2D eigenvalue weighted by atomic mass is 79.9. The van der Waals surface area contributed by atoms with Crippen LogP contribution in [0.5, 0.6) is 0 Å². The van der Waals surface area contributed by atoms with Gasteiger partial charge in [-0.2, -0.15) is 0 Å². The first-order chi connectivity index (χ1) is 11.6. The SMILES string of the molecule is COC(=O)/C=C(\C)c1cc2c(Br)cccc2n1Sc1ccccc1. The lowest BCUT2D eigenvalue weighted by molar-refractivity contribution is -0.134. The fourth-order valence-electron chi connectivity index (χ4n) is 2.44. The van der Waals surface area contributed by atoms with Gasteiger partial charge in [0, 0.05) is 20.8 Å². The Bertz CT molecular complexity index is 916. The highest BCUT2D eigenvalue weighted by molar-refractivity contribution is 9.10. The maximum atomic E-state index is 11.6. The molecule has 1 aromatic heterocycles. The third kappa shape index (κ3) is 3.42. The van der Waals surface area contributed by atoms with E-state index in [1.807, 2.05) is 37.3 Å². The van der Waals surface area contributed by atoms with Crippen molar-refractivity contribution in [2.24, 2.45) is 0 Å². The van der Waals surface area contributed by atoms with Gasteiger partial charge in [-0.25, -0.2) is 4.79 Å². The molecule has 2 aromatic carbocycles. The molecule has 24 heavy (non-hydrogen) atoms. The molecule has 122 valence electrons. The van der Waals surface area contributed by atoms with Crippen LogP contribution in [0.1, 0.15) is 12.6 Å². The van der Waals surface area contributed by atoms with E-state index >= 15 is 0 Å². The Morgan fingerprint density at radius 3 is 2.62 bits per heavy atom. The summed E-state index contributed by atoms with van der Waals surface area (Å²) in [5, 5.41) is 1.11. The van der Waals surface area contributed by atoms with Crippen molar-refractivity contribution in [3.63, 3.8) is 0 Å². The summed E-state index contributed by atoms with van der Waals surface area (Å²) in [5.74, 6) is -0.354. The highest BCUT2D eigenvalue weighted by Gasteiger charge is 2.14. The van der Waals surface area contributed by atoms with Crippen LogP contribution in [0.4, 0.5) is 0 Å². The second kappa shape index (κ2) is 7.28. The first-order valence-corrected chi connectivity index (χ1v) is 8.97. The van der Waals surface area contributed by atoms with Crippen molar-refractivity contribution in [2.75, 3.05) is 7.11 Å². The number of esters is 1. The summed E-state index contributed by atoms with van der Waals surface area (Å²) < 4.78 is 7.93. The summed E-state index contributed by atoms with van der Waals surface area (Å²) in [5.41, 5.74) is 2.91. The highest BCUT2D eigenvalue weighted by Crippen LogP contribution is 2.35. The first-order valence-electron chi connectivity index (χ1n) is 7.40. The summed E-state index contributed by atoms with van der Waals surface area (Å²) >= 11 is 5.23. The number of benzene rings is 2. The fourth-order valence-corrected chi connectivity index (χ4v) is 3.95. The van der Waals surface area contributed by atoms with Gasteiger partial charge in [-0.15, -0.1) is 0 Å². The lowest BCUT2D eigenvalue weighted by Crippen LogP contribution is -1.98. The Hall–Kier alpha value is -1.98. The Labute approximate surface area is 153 Å². The molecule has 0 fully saturated rings. The average Bonchev–Trinajstić information content (AvgIpc) is 2.96. The molecule has 0 aliphatic rings. The largest absolute Gasteiger partial charge is 0.466 e. The number of allylic oxidation sites excluding steroid dienone is 1. The molecule has 0 N–H and O–H groups in total. The van der Waals surface area contributed by atoms with E-state index in [0.29, 0.717) is 0 Å². The number of halogens is 1. The van der Waals surface area contributed by atoms with E-state index in [0.717, 1.165) is 31.5 Å². The molecule has 3 aromatic rings. The van der Waals surface area contributed by atoms with Crippen molar-refractivity contribution < 1.29 is 9.53 Å². The zero-order chi connectivity index (χ0) is 17.1. The Kier molecular flexibility index (Phi) is 5.11. The molecule has 1 heterocycles. The number of hydrogen-bond acceptors (Lipinski definition) is 3. The van der Waals surface area contributed by atoms with Gasteiger partial charge in [0.05, 0.1) is 18.3 Å². The maximum absolute atomic E-state index is 11.6. The molecular weight excluding hydrogens is 386 g/mol. The molecule has 0 aliphatic carbocycles. The number of rotatable bonds is 4. The van der Waals surface area contributed by atoms with E-state index < -0.39 is 0 Å². The number of carbonyl (C=O) groups excluding carboxylic acids is 1. The van der Waals surface area contributed by atoms with Gasteiger partial charge in [-0.3, -0.25) is 3.97 Å². The molecular formula is C19H16BrNO2S. The quantitative estimate of drug-likeness (QED) is 0.424. The minimum absolute atomic E-state index is 0.354. The molecule has 0 atom stereocenters. The molecule has 3 rings (SSSR count). The summed E-state index contributed by atoms with van der Waals surface area (Å²) in [6.45, 7) is 1.92. The molecule has 0 amide bonds. The van der Waals surface area contributed by atoms with Crippen molar-refractivity contribution in [3.8, 4) is 0 Å². The predicted octanol–water partition coefficient (Wildman–Crippen LogP) is 5.54. The van der Waals surface area contributed by atoms with Crippen molar-refractivity contribution in [3.05, 3.63) is 70.8 Å². The number of aromatic nitrogens is 1. The molecule has 0 unspecified atom stereocenters. The maximum Gasteiger partial charge on any atom is 0.330 e. The van der Waals surface area contributed by atoms with E-state index in [1.54, 1.807) is 11.9 Å². The van der Waals surface area contributed by atoms with Gasteiger partial charge < -0.3 is 4.74 Å². The number of carbonyl (C=O) groups is 1. The summed E-state index contributed by atoms with van der Waals surface area (Å²) in [4.78, 5) is 12.8. The fraction of sp³-hybridized carbons (Fsp3) is 0.105. The van der Waals surface area contributed by atoms with Crippen LogP contribution >= 0.6 is 27.9 Å². The van der Waals surface area contributed by atoms with Crippen LogP contribution in [-0.2, 0) is 9.53 Å². The molecule has 0 radical (unpaired) electrons. The normalized spacial score (nSPS) is 11.7. The second-order valence-corrected chi connectivity index (χ2v) is 7.12. The first kappa shape index (κ1) is 16.9. The second-order valence-electron chi connectivity index (χ2n) is 5.25. The Balaban J connectivity index is 2.17. The minimum Gasteiger partial charge on any atom is -0.466 e. The minimum atomic E-state index is -0.354. The summed E-state index contributed by atoms with van der Waals surface area (Å²) in [6.07, 6.45) is 1.52. The molecule has 0 bridgehead atoms. The van der Waals surface area contributed by atoms with E-state index in [1.165, 1.54) is 13.2 Å². The standard InChI is InChI=1S/C19H16BrNO2S/c1-13(11-19(22)23-2)18-12-15-16(20)9-6-10-17(15)21(18)24-14-7-4-3-5-8-14/h3-12H,1-2H3/b13-11+. The van der Waals surface area contributed by atoms with E-state index in [9.17, 15) is 4.79 Å². The van der Waals surface area contributed by atoms with Crippen molar-refractivity contribution >= 4 is 50.3 Å². The van der Waals surface area contributed by atoms with Gasteiger partial charge in [-0.05, 0) is 54.8 Å². The van der Waals surface area contributed by atoms with E-state index in [-0.39, 0.29) is 5.97 Å². The number of ether oxygens (including phenoxy) is 1. The van der Waals surface area contributed by atoms with Crippen LogP contribution in [-0.4, -0.2) is 17.1 Å². The van der Waals surface area contributed by atoms with Crippen LogP contribution < -0.4 is 0 Å². The third-order valence-corrected chi connectivity index (χ3v) is 5.38. The molecule has 0 saturated carbocycles. The van der Waals surface area contributed by atoms with Gasteiger partial charge in [0.15, 0.2) is 0 Å². The number of nitrogens with zero attached hydrogens (tertiary/aromatic N) is 1. The molecule has 5 heteroatoms. The van der Waals surface area contributed by atoms with Gasteiger partial charge in [0.25, 0.3) is 0 Å². The zero-order valence-corrected chi connectivity index (χ0v) is 15.7. The monoisotopic (exact) mass is 401 g/mol. The van der Waals surface area contributed by atoms with Crippen LogP contribution in [0.15, 0.2) is 70.0 Å². The van der Waals surface area contributed by atoms with E-state index in [4.69, 9.17) is 4.74 Å². The van der Waals surface area contributed by atoms with Crippen LogP contribution in [0.2, 0.25) is 0 Å². The molecule has 0 saturated heterocycles. The Morgan fingerprint density at radius 1 is 1.17 bits per heavy atom. The van der Waals surface area contributed by atoms with E-state index in [2.05, 4.69) is 44.2 Å². The van der Waals surface area contributed by atoms with Crippen LogP contribution in [0.25, 0.3) is 16.5 Å². The van der Waals surface area contributed by atoms with Crippen molar-refractivity contribution in [1.29, 1.82) is 0 Å². The molecule has 0 spiro atoms. The van der Waals surface area contributed by atoms with Gasteiger partial charge in [-0.1, -0.05) is 40.2 Å². The smallest absolute Gasteiger partial charge is 0.330 e. The summed E-state index contributed by atoms with van der Waals surface area (Å²) in [7, 11) is 1.39. The lowest BCUT2D eigenvalue weighted by atomic mass is 10.2. The van der Waals surface area contributed by atoms with Gasteiger partial charge in [0.1, 0.15) is 0 Å². The number of hydrogen-bond donors (Lipinski definition) is 0. The van der Waals surface area contributed by atoms with Crippen LogP contribution in [0, 0.1) is 0 Å². The molecule has 0 aliphatic heterocycles. The van der Waals surface area contributed by atoms with Crippen molar-refractivity contribution in [2.45, 2.75) is 11.8 Å². The summed E-state index contributed by atoms with van der Waals surface area (Å²) in [6, 6.07) is 18.4. The number of fused-ring (bicyclic) bond motifs is 1. The third-order valence-electron chi connectivity index (χ3n) is 3.63. The zero-order valence-electron chi connectivity index (χ0n) is 13.3. The predicted molar refractivity (Wildman–Crippen MR) is 103 cm³/mol. The van der Waals surface area contributed by atoms with Gasteiger partial charge in [0.2, 0.25) is 0 Å². The van der Waals surface area contributed by atoms with Gasteiger partial charge >= 0.3 is 5.97 Å².